The first-order chi connectivity index (χ1) is 9.34. The van der Waals surface area contributed by atoms with Crippen molar-refractivity contribution in [3.05, 3.63) is 51.8 Å². The number of alkyl halides is 1. The number of aromatic nitrogens is 2. The van der Waals surface area contributed by atoms with Crippen LogP contribution in [0.3, 0.4) is 0 Å². The van der Waals surface area contributed by atoms with Crippen LogP contribution in [0.1, 0.15) is 43.2 Å². The van der Waals surface area contributed by atoms with Crippen LogP contribution in [-0.2, 0) is 17.8 Å². The monoisotopic (exact) mass is 310 g/mol. The molecule has 2 aromatic rings. The minimum Gasteiger partial charge on any atom is -0.249 e. The summed E-state index contributed by atoms with van der Waals surface area (Å²) in [4.78, 5) is 0. The van der Waals surface area contributed by atoms with Crippen LogP contribution in [0, 0.1) is 6.92 Å². The number of hydrogen-bond acceptors (Lipinski definition) is 1. The maximum absolute atomic E-state index is 6.45. The van der Waals surface area contributed by atoms with Crippen LogP contribution in [0.25, 0.3) is 0 Å². The Bertz CT molecular complexity index is 609. The highest BCUT2D eigenvalue weighted by atomic mass is 35.5. The van der Waals surface area contributed by atoms with E-state index in [0.717, 1.165) is 11.3 Å². The largest absolute Gasteiger partial charge is 0.249 e. The quantitative estimate of drug-likeness (QED) is 0.735. The fraction of sp³-hybridized carbons (Fsp3) is 0.438. The minimum atomic E-state index is -0.0646. The number of hydrogen-bond donors (Lipinski definition) is 0. The Morgan fingerprint density at radius 3 is 2.35 bits per heavy atom. The first kappa shape index (κ1) is 15.4. The second kappa shape index (κ2) is 5.79. The van der Waals surface area contributed by atoms with Gasteiger partial charge in [-0.3, -0.25) is 0 Å². The van der Waals surface area contributed by atoms with Crippen molar-refractivity contribution in [1.29, 1.82) is 0 Å². The van der Waals surface area contributed by atoms with Crippen molar-refractivity contribution in [1.82, 2.24) is 9.78 Å². The normalized spacial score (nSPS) is 11.9. The van der Waals surface area contributed by atoms with Gasteiger partial charge in [0.05, 0.1) is 18.1 Å². The maximum Gasteiger partial charge on any atom is 0.132 e. The molecule has 0 radical (unpaired) electrons. The van der Waals surface area contributed by atoms with Crippen LogP contribution in [-0.4, -0.2) is 9.78 Å². The number of halogens is 2. The highest BCUT2D eigenvalue weighted by Crippen LogP contribution is 2.31. The standard InChI is InChI=1S/C16H20Cl2N2/c1-11-7-5-6-8-12(11)10-20-15(18)13(9-17)14(19-20)16(2,3)4/h5-8H,9-10H2,1-4H3. The van der Waals surface area contributed by atoms with Crippen LogP contribution < -0.4 is 0 Å². The molecule has 2 nitrogen and oxygen atoms in total. The van der Waals surface area contributed by atoms with Crippen molar-refractivity contribution in [3.63, 3.8) is 0 Å². The second-order valence-electron chi connectivity index (χ2n) is 6.09. The van der Waals surface area contributed by atoms with Crippen molar-refractivity contribution >= 4 is 23.2 Å². The third-order valence-corrected chi connectivity index (χ3v) is 4.10. The molecule has 0 aliphatic heterocycles. The summed E-state index contributed by atoms with van der Waals surface area (Å²) in [6.45, 7) is 9.14. The van der Waals surface area contributed by atoms with Gasteiger partial charge >= 0.3 is 0 Å². The van der Waals surface area contributed by atoms with Crippen LogP contribution >= 0.6 is 23.2 Å². The Morgan fingerprint density at radius 2 is 1.85 bits per heavy atom. The van der Waals surface area contributed by atoms with Gasteiger partial charge in [0.2, 0.25) is 0 Å². The summed E-state index contributed by atoms with van der Waals surface area (Å²) in [5.74, 6) is 0.388. The molecule has 0 fully saturated rings. The van der Waals surface area contributed by atoms with Crippen molar-refractivity contribution in [2.24, 2.45) is 0 Å². The zero-order valence-electron chi connectivity index (χ0n) is 12.4. The molecule has 0 saturated heterocycles. The predicted molar refractivity (Wildman–Crippen MR) is 85.8 cm³/mol. The summed E-state index contributed by atoms with van der Waals surface area (Å²) in [5, 5.41) is 5.33. The van der Waals surface area contributed by atoms with Gasteiger partial charge in [0.25, 0.3) is 0 Å². The van der Waals surface area contributed by atoms with Gasteiger partial charge < -0.3 is 0 Å². The summed E-state index contributed by atoms with van der Waals surface area (Å²) in [6, 6.07) is 8.27. The van der Waals surface area contributed by atoms with E-state index in [1.54, 1.807) is 0 Å². The number of nitrogens with zero attached hydrogens (tertiary/aromatic N) is 2. The Kier molecular flexibility index (Phi) is 4.46. The SMILES string of the molecule is Cc1ccccc1Cn1nc(C(C)(C)C)c(CCl)c1Cl. The second-order valence-corrected chi connectivity index (χ2v) is 6.71. The molecule has 1 heterocycles. The van der Waals surface area contributed by atoms with Crippen molar-refractivity contribution < 1.29 is 0 Å². The Hall–Kier alpha value is -0.990. The molecule has 0 unspecified atom stereocenters. The van der Waals surface area contributed by atoms with E-state index in [2.05, 4.69) is 44.9 Å². The molecule has 0 amide bonds. The lowest BCUT2D eigenvalue weighted by Gasteiger charge is -2.16. The molecule has 1 aromatic carbocycles. The van der Waals surface area contributed by atoms with E-state index in [4.69, 9.17) is 23.2 Å². The molecule has 0 aliphatic rings. The number of aryl methyl sites for hydroxylation is 1. The smallest absolute Gasteiger partial charge is 0.132 e. The zero-order valence-corrected chi connectivity index (χ0v) is 13.9. The van der Waals surface area contributed by atoms with E-state index in [1.807, 2.05) is 16.8 Å². The molecule has 2 rings (SSSR count). The van der Waals surface area contributed by atoms with Crippen molar-refractivity contribution in [2.45, 2.75) is 45.5 Å². The van der Waals surface area contributed by atoms with E-state index < -0.39 is 0 Å². The third kappa shape index (κ3) is 3.02. The van der Waals surface area contributed by atoms with Gasteiger partial charge in [-0.25, -0.2) is 4.68 Å². The van der Waals surface area contributed by atoms with Crippen LogP contribution in [0.5, 0.6) is 0 Å². The highest BCUT2D eigenvalue weighted by Gasteiger charge is 2.25. The average Bonchev–Trinajstić information content (AvgIpc) is 2.69. The molecule has 0 saturated carbocycles. The molecule has 0 bridgehead atoms. The van der Waals surface area contributed by atoms with E-state index in [0.29, 0.717) is 17.6 Å². The Labute approximate surface area is 130 Å². The van der Waals surface area contributed by atoms with Gasteiger partial charge in [-0.1, -0.05) is 56.6 Å². The molecule has 0 spiro atoms. The molecule has 0 N–H and O–H groups in total. The zero-order chi connectivity index (χ0) is 14.9. The Morgan fingerprint density at radius 1 is 1.20 bits per heavy atom. The van der Waals surface area contributed by atoms with Gasteiger partial charge in [-0.15, -0.1) is 11.6 Å². The fourth-order valence-corrected chi connectivity index (χ4v) is 2.83. The van der Waals surface area contributed by atoms with Crippen LogP contribution in [0.4, 0.5) is 0 Å². The molecule has 4 heteroatoms. The molecule has 1 aromatic heterocycles. The lowest BCUT2D eigenvalue weighted by Crippen LogP contribution is -2.15. The summed E-state index contributed by atoms with van der Waals surface area (Å²) in [6.07, 6.45) is 0. The van der Waals surface area contributed by atoms with E-state index in [1.165, 1.54) is 11.1 Å². The van der Waals surface area contributed by atoms with Gasteiger partial charge in [-0.05, 0) is 18.1 Å². The van der Waals surface area contributed by atoms with E-state index >= 15 is 0 Å². The predicted octanol–water partition coefficient (Wildman–Crippen LogP) is 4.93. The highest BCUT2D eigenvalue weighted by molar-refractivity contribution is 6.31. The number of benzene rings is 1. The van der Waals surface area contributed by atoms with Gasteiger partial charge in [0, 0.05) is 11.0 Å². The Balaban J connectivity index is 2.44. The first-order valence-corrected chi connectivity index (χ1v) is 7.62. The summed E-state index contributed by atoms with van der Waals surface area (Å²) < 4.78 is 1.85. The fourth-order valence-electron chi connectivity index (χ4n) is 2.25. The molecular weight excluding hydrogens is 291 g/mol. The van der Waals surface area contributed by atoms with Gasteiger partial charge in [0.15, 0.2) is 0 Å². The van der Waals surface area contributed by atoms with Crippen molar-refractivity contribution in [2.75, 3.05) is 0 Å². The van der Waals surface area contributed by atoms with E-state index in [-0.39, 0.29) is 5.41 Å². The molecule has 20 heavy (non-hydrogen) atoms. The third-order valence-electron chi connectivity index (χ3n) is 3.41. The number of rotatable bonds is 3. The molecular formula is C16H20Cl2N2. The van der Waals surface area contributed by atoms with E-state index in [9.17, 15) is 0 Å². The summed E-state index contributed by atoms with van der Waals surface area (Å²) in [5.41, 5.74) is 4.31. The maximum atomic E-state index is 6.45. The summed E-state index contributed by atoms with van der Waals surface area (Å²) >= 11 is 12.5. The molecule has 0 atom stereocenters. The van der Waals surface area contributed by atoms with Gasteiger partial charge in [-0.2, -0.15) is 5.10 Å². The first-order valence-electron chi connectivity index (χ1n) is 6.70. The lowest BCUT2D eigenvalue weighted by atomic mass is 9.90. The minimum absolute atomic E-state index is 0.0646. The molecule has 0 aliphatic carbocycles. The van der Waals surface area contributed by atoms with Gasteiger partial charge in [0.1, 0.15) is 5.15 Å². The van der Waals surface area contributed by atoms with Crippen LogP contribution in [0.15, 0.2) is 24.3 Å². The van der Waals surface area contributed by atoms with Crippen molar-refractivity contribution in [3.8, 4) is 0 Å². The lowest BCUT2D eigenvalue weighted by molar-refractivity contribution is 0.542. The molecule has 108 valence electrons. The van der Waals surface area contributed by atoms with Crippen LogP contribution in [0.2, 0.25) is 5.15 Å². The average molecular weight is 311 g/mol. The topological polar surface area (TPSA) is 17.8 Å². The summed E-state index contributed by atoms with van der Waals surface area (Å²) in [7, 11) is 0.